The lowest BCUT2D eigenvalue weighted by Gasteiger charge is -2.30. The highest BCUT2D eigenvalue weighted by Crippen LogP contribution is 2.64. The van der Waals surface area contributed by atoms with Gasteiger partial charge < -0.3 is 0 Å². The third-order valence-corrected chi connectivity index (χ3v) is 16.6. The van der Waals surface area contributed by atoms with Crippen molar-refractivity contribution in [2.24, 2.45) is 0 Å². The van der Waals surface area contributed by atoms with Gasteiger partial charge in [-0.25, -0.2) is 0 Å². The van der Waals surface area contributed by atoms with Gasteiger partial charge in [0.2, 0.25) is 0 Å². The normalized spacial score (nSPS) is 12.4. The first kappa shape index (κ1) is 46.2. The summed E-state index contributed by atoms with van der Waals surface area (Å²) in [6, 6.07) is 117. The highest BCUT2D eigenvalue weighted by atomic mass is 14.5. The van der Waals surface area contributed by atoms with Crippen LogP contribution in [0.4, 0.5) is 0 Å². The van der Waals surface area contributed by atoms with Gasteiger partial charge in [0.25, 0.3) is 0 Å². The van der Waals surface area contributed by atoms with Gasteiger partial charge in [-0.1, -0.05) is 255 Å². The van der Waals surface area contributed by atoms with Gasteiger partial charge in [-0.3, -0.25) is 0 Å². The molecule has 13 aromatic rings. The van der Waals surface area contributed by atoms with Gasteiger partial charge in [-0.15, -0.1) is 0 Å². The van der Waals surface area contributed by atoms with Crippen LogP contribution in [-0.4, -0.2) is 0 Å². The van der Waals surface area contributed by atoms with Crippen molar-refractivity contribution in [3.05, 3.63) is 338 Å². The van der Waals surface area contributed by atoms with Crippen LogP contribution in [0.2, 0.25) is 0 Å². The number of hydrogen-bond acceptors (Lipinski definition) is 0. The molecule has 0 nitrogen and oxygen atoms in total. The van der Waals surface area contributed by atoms with Crippen LogP contribution in [-0.2, 0) is 5.41 Å². The second-order valence-electron chi connectivity index (χ2n) is 21.1. The fourth-order valence-corrected chi connectivity index (χ4v) is 13.0. The van der Waals surface area contributed by atoms with Gasteiger partial charge in [-0.05, 0) is 205 Å². The average molecular weight is 1000 g/mol. The van der Waals surface area contributed by atoms with E-state index in [4.69, 9.17) is 0 Å². The van der Waals surface area contributed by atoms with Crippen molar-refractivity contribution < 1.29 is 0 Å². The molecule has 0 aromatic heterocycles. The van der Waals surface area contributed by atoms with Crippen LogP contribution in [0.3, 0.4) is 0 Å². The van der Waals surface area contributed by atoms with Crippen LogP contribution in [0, 0.1) is 0 Å². The van der Waals surface area contributed by atoms with Gasteiger partial charge in [0.1, 0.15) is 0 Å². The van der Waals surface area contributed by atoms with Gasteiger partial charge in [-0.2, -0.15) is 0 Å². The van der Waals surface area contributed by atoms with Crippen LogP contribution in [0.25, 0.3) is 122 Å². The quantitative estimate of drug-likeness (QED) is 0.135. The lowest BCUT2D eigenvalue weighted by Crippen LogP contribution is -2.25. The third kappa shape index (κ3) is 7.91. The summed E-state index contributed by atoms with van der Waals surface area (Å²) in [5.74, 6) is 0. The van der Waals surface area contributed by atoms with Crippen molar-refractivity contribution in [2.75, 3.05) is 0 Å². The van der Waals surface area contributed by atoms with E-state index in [1.807, 2.05) is 0 Å². The van der Waals surface area contributed by atoms with Crippen LogP contribution in [0.5, 0.6) is 0 Å². The first-order valence-corrected chi connectivity index (χ1v) is 27.5. The molecule has 0 radical (unpaired) electrons. The zero-order valence-corrected chi connectivity index (χ0v) is 43.5. The molecule has 13 aromatic carbocycles. The highest BCUT2D eigenvalue weighted by molar-refractivity contribution is 6.01. The van der Waals surface area contributed by atoms with E-state index in [1.54, 1.807) is 0 Å². The molecule has 2 aliphatic rings. The lowest BCUT2D eigenvalue weighted by atomic mass is 9.70. The minimum Gasteiger partial charge on any atom is -0.0622 e. The molecule has 368 valence electrons. The Kier molecular flexibility index (Phi) is 11.2. The second kappa shape index (κ2) is 19.2. The van der Waals surface area contributed by atoms with Crippen LogP contribution < -0.4 is 0 Å². The topological polar surface area (TPSA) is 0 Å². The molecule has 0 unspecified atom stereocenters. The maximum absolute atomic E-state index is 2.44. The first-order chi connectivity index (χ1) is 39.1. The summed E-state index contributed by atoms with van der Waals surface area (Å²) in [6.07, 6.45) is 0. The summed E-state index contributed by atoms with van der Waals surface area (Å²) < 4.78 is 0. The minimum absolute atomic E-state index is 0.440. The molecular weight excluding hydrogens is 949 g/mol. The highest BCUT2D eigenvalue weighted by Gasteiger charge is 2.52. The third-order valence-electron chi connectivity index (χ3n) is 16.6. The van der Waals surface area contributed by atoms with Crippen molar-refractivity contribution in [1.82, 2.24) is 0 Å². The van der Waals surface area contributed by atoms with E-state index in [0.29, 0.717) is 0 Å². The van der Waals surface area contributed by atoms with Gasteiger partial charge >= 0.3 is 0 Å². The van der Waals surface area contributed by atoms with E-state index < -0.39 is 5.41 Å². The van der Waals surface area contributed by atoms with E-state index in [-0.39, 0.29) is 0 Å². The molecule has 0 heterocycles. The Morgan fingerprint density at radius 2 is 0.380 bits per heavy atom. The molecule has 0 saturated heterocycles. The zero-order valence-electron chi connectivity index (χ0n) is 43.5. The van der Waals surface area contributed by atoms with Crippen molar-refractivity contribution in [2.45, 2.75) is 5.41 Å². The summed E-state index contributed by atoms with van der Waals surface area (Å²) in [6.45, 7) is 0. The maximum atomic E-state index is 2.44. The number of rotatable bonds is 9. The molecular formula is C79H52. The van der Waals surface area contributed by atoms with Crippen molar-refractivity contribution >= 4 is 0 Å². The minimum atomic E-state index is -0.440. The van der Waals surface area contributed by atoms with E-state index in [9.17, 15) is 0 Å². The Morgan fingerprint density at radius 3 is 0.772 bits per heavy atom. The molecule has 0 N–H and O–H groups in total. The SMILES string of the molecule is c1ccc(-c2cc(-c3ccccc3)cc(-c3ccc(-c4cc(-c5cccc(-c6cc(-c7ccccc7)cc(-c7ccccc7)c6)c5)cc(-c5cccc6c5-c5ccccc5C65c6ccccc6-c6ccccc65)c4)cc3)c2)cc1. The fraction of sp³-hybridized carbons (Fsp3) is 0.0127. The number of hydrogen-bond donors (Lipinski definition) is 0. The van der Waals surface area contributed by atoms with Gasteiger partial charge in [0.15, 0.2) is 0 Å². The summed E-state index contributed by atoms with van der Waals surface area (Å²) >= 11 is 0. The Labute approximate surface area is 462 Å². The summed E-state index contributed by atoms with van der Waals surface area (Å²) in [7, 11) is 0. The average Bonchev–Trinajstić information content (AvgIpc) is 2.66. The van der Waals surface area contributed by atoms with E-state index >= 15 is 0 Å². The Hall–Kier alpha value is -10.1. The Balaban J connectivity index is 0.911. The molecule has 79 heavy (non-hydrogen) atoms. The Bertz CT molecular complexity index is 4270. The monoisotopic (exact) mass is 1000 g/mol. The molecule has 0 aliphatic heterocycles. The van der Waals surface area contributed by atoms with E-state index in [1.165, 1.54) is 134 Å². The van der Waals surface area contributed by atoms with Gasteiger partial charge in [0, 0.05) is 0 Å². The predicted octanol–water partition coefficient (Wildman–Crippen LogP) is 21.0. The number of benzene rings is 13. The molecule has 0 bridgehead atoms. The van der Waals surface area contributed by atoms with Crippen LogP contribution in [0.15, 0.2) is 315 Å². The predicted molar refractivity (Wildman–Crippen MR) is 332 cm³/mol. The molecule has 0 amide bonds. The van der Waals surface area contributed by atoms with Crippen molar-refractivity contribution in [3.63, 3.8) is 0 Å². The standard InChI is InChI=1S/C79H52/c1-5-21-53(22-6-1)61-44-62(54-23-7-2-8-24-54)47-65(46-61)57-39-41-58(42-40-57)66-50-68(60-30-19-29-59(43-60)67-48-63(55-25-9-3-10-26-55)45-64(49-67)56-27-11-4-12-28-56)52-69(51-66)70-34-20-38-77-78(70)73-33-15-18-37-76(73)79(77)74-35-16-13-31-71(74)72-32-14-17-36-75(72)79/h1-52H. The lowest BCUT2D eigenvalue weighted by molar-refractivity contribution is 0.794. The van der Waals surface area contributed by atoms with Crippen molar-refractivity contribution in [1.29, 1.82) is 0 Å². The van der Waals surface area contributed by atoms with Crippen molar-refractivity contribution in [3.8, 4) is 122 Å². The second-order valence-corrected chi connectivity index (χ2v) is 21.1. The Morgan fingerprint density at radius 1 is 0.139 bits per heavy atom. The number of fused-ring (bicyclic) bond motifs is 10. The molecule has 1 spiro atoms. The molecule has 15 rings (SSSR count). The van der Waals surface area contributed by atoms with E-state index in [0.717, 1.165) is 11.1 Å². The molecule has 2 aliphatic carbocycles. The molecule has 0 heteroatoms. The summed E-state index contributed by atoms with van der Waals surface area (Å²) in [5, 5.41) is 0. The first-order valence-electron chi connectivity index (χ1n) is 27.5. The molecule has 0 fully saturated rings. The molecule has 0 saturated carbocycles. The zero-order chi connectivity index (χ0) is 52.3. The smallest absolute Gasteiger partial charge is 0.0622 e. The summed E-state index contributed by atoms with van der Waals surface area (Å²) in [5.41, 5.74) is 31.5. The van der Waals surface area contributed by atoms with Crippen LogP contribution >= 0.6 is 0 Å². The fourth-order valence-electron chi connectivity index (χ4n) is 13.0. The largest absolute Gasteiger partial charge is 0.0725 e. The summed E-state index contributed by atoms with van der Waals surface area (Å²) in [4.78, 5) is 0. The molecule has 0 atom stereocenters. The maximum Gasteiger partial charge on any atom is 0.0725 e. The van der Waals surface area contributed by atoms with Gasteiger partial charge in [0.05, 0.1) is 5.41 Å². The van der Waals surface area contributed by atoms with Crippen LogP contribution in [0.1, 0.15) is 22.3 Å². The van der Waals surface area contributed by atoms with E-state index in [2.05, 4.69) is 315 Å².